The maximum atomic E-state index is 12.9. The van der Waals surface area contributed by atoms with Crippen molar-refractivity contribution >= 4 is 45.6 Å². The van der Waals surface area contributed by atoms with Crippen molar-refractivity contribution in [2.45, 2.75) is 6.92 Å². The number of benzene rings is 4. The van der Waals surface area contributed by atoms with Gasteiger partial charge in [-0.25, -0.2) is 10.2 Å². The average Bonchev–Trinajstić information content (AvgIpc) is 2.99. The smallest absolute Gasteiger partial charge is 0.343 e. The zero-order chi connectivity index (χ0) is 29.2. The Balaban J connectivity index is 1.42. The van der Waals surface area contributed by atoms with E-state index in [-0.39, 0.29) is 17.2 Å². The Morgan fingerprint density at radius 1 is 0.854 bits per heavy atom. The number of esters is 1. The molecular formula is C31H26BrN3O6. The summed E-state index contributed by atoms with van der Waals surface area (Å²) in [4.78, 5) is 38.1. The maximum Gasteiger partial charge on any atom is 0.343 e. The second kappa shape index (κ2) is 13.9. The number of ether oxygens (including phenoxy) is 3. The highest BCUT2D eigenvalue weighted by molar-refractivity contribution is 9.10. The van der Waals surface area contributed by atoms with E-state index in [1.165, 1.54) is 6.21 Å². The molecule has 10 heteroatoms. The number of hydrazone groups is 1. The first-order valence-corrected chi connectivity index (χ1v) is 13.3. The van der Waals surface area contributed by atoms with Gasteiger partial charge in [-0.2, -0.15) is 5.10 Å². The lowest BCUT2D eigenvalue weighted by Gasteiger charge is -2.12. The molecule has 0 radical (unpaired) electrons. The highest BCUT2D eigenvalue weighted by atomic mass is 79.9. The lowest BCUT2D eigenvalue weighted by atomic mass is 10.1. The molecule has 0 heterocycles. The number of hydrogen-bond donors (Lipinski definition) is 2. The summed E-state index contributed by atoms with van der Waals surface area (Å²) < 4.78 is 17.2. The fourth-order valence-corrected chi connectivity index (χ4v) is 3.92. The first-order chi connectivity index (χ1) is 19.9. The van der Waals surface area contributed by atoms with E-state index in [2.05, 4.69) is 31.8 Å². The van der Waals surface area contributed by atoms with E-state index in [1.807, 2.05) is 6.92 Å². The molecule has 4 aromatic carbocycles. The number of hydrogen-bond acceptors (Lipinski definition) is 7. The van der Waals surface area contributed by atoms with Crippen LogP contribution in [0, 0.1) is 0 Å². The van der Waals surface area contributed by atoms with Crippen LogP contribution in [0.3, 0.4) is 0 Å². The van der Waals surface area contributed by atoms with Crippen LogP contribution in [0.25, 0.3) is 0 Å². The number of halogens is 1. The Hall–Kier alpha value is -4.96. The van der Waals surface area contributed by atoms with Crippen LogP contribution in [-0.4, -0.2) is 37.7 Å². The Morgan fingerprint density at radius 2 is 1.56 bits per heavy atom. The molecule has 0 unspecified atom stereocenters. The number of nitrogens with zero attached hydrogens (tertiary/aromatic N) is 1. The molecule has 208 valence electrons. The molecule has 0 aromatic heterocycles. The van der Waals surface area contributed by atoms with Gasteiger partial charge in [-0.3, -0.25) is 9.59 Å². The van der Waals surface area contributed by atoms with Gasteiger partial charge < -0.3 is 19.5 Å². The van der Waals surface area contributed by atoms with Crippen molar-refractivity contribution < 1.29 is 28.6 Å². The molecule has 0 saturated heterocycles. The van der Waals surface area contributed by atoms with E-state index in [1.54, 1.807) is 98.1 Å². The normalized spacial score (nSPS) is 10.6. The number of rotatable bonds is 10. The molecule has 0 bridgehead atoms. The van der Waals surface area contributed by atoms with E-state index in [9.17, 15) is 14.4 Å². The zero-order valence-electron chi connectivity index (χ0n) is 22.2. The Morgan fingerprint density at radius 3 is 2.27 bits per heavy atom. The van der Waals surface area contributed by atoms with Gasteiger partial charge in [0.15, 0.2) is 11.5 Å². The highest BCUT2D eigenvalue weighted by Crippen LogP contribution is 2.29. The number of nitrogens with one attached hydrogen (secondary N) is 2. The molecule has 4 rings (SSSR count). The Kier molecular flexibility index (Phi) is 9.85. The number of anilines is 1. The molecule has 0 aliphatic carbocycles. The molecule has 4 aromatic rings. The second-order valence-electron chi connectivity index (χ2n) is 8.46. The molecule has 0 spiro atoms. The summed E-state index contributed by atoms with van der Waals surface area (Å²) in [6.07, 6.45) is 1.43. The molecule has 2 amide bonds. The minimum atomic E-state index is -0.523. The fraction of sp³-hybridized carbons (Fsp3) is 0.0968. The monoisotopic (exact) mass is 615 g/mol. The number of amides is 2. The van der Waals surface area contributed by atoms with Crippen molar-refractivity contribution in [2.24, 2.45) is 5.10 Å². The summed E-state index contributed by atoms with van der Waals surface area (Å²) in [6, 6.07) is 24.9. The van der Waals surface area contributed by atoms with Crippen LogP contribution in [0.5, 0.6) is 17.2 Å². The van der Waals surface area contributed by atoms with E-state index in [0.717, 1.165) is 4.47 Å². The van der Waals surface area contributed by atoms with Crippen LogP contribution >= 0.6 is 15.9 Å². The topological polar surface area (TPSA) is 115 Å². The van der Waals surface area contributed by atoms with Gasteiger partial charge in [-0.15, -0.1) is 0 Å². The number of para-hydroxylation sites is 1. The molecule has 2 N–H and O–H groups in total. The standard InChI is InChI=1S/C31H26BrN3O6/c1-3-40-28-18-20(8-17-27(28)41-31(38)22-9-13-23(32)14-10-22)19-33-35-30(37)25-6-4-5-7-26(25)34-29(36)21-11-15-24(39-2)16-12-21/h4-19H,3H2,1-2H3,(H,34,36)(H,35,37)/b33-19-. The van der Waals surface area contributed by atoms with Gasteiger partial charge in [0.2, 0.25) is 0 Å². The Bertz CT molecular complexity index is 1570. The van der Waals surface area contributed by atoms with Crippen molar-refractivity contribution in [3.05, 3.63) is 118 Å². The maximum absolute atomic E-state index is 12.9. The second-order valence-corrected chi connectivity index (χ2v) is 9.38. The lowest BCUT2D eigenvalue weighted by Crippen LogP contribution is -2.21. The van der Waals surface area contributed by atoms with Crippen LogP contribution in [0.15, 0.2) is 101 Å². The molecule has 9 nitrogen and oxygen atoms in total. The summed E-state index contributed by atoms with van der Waals surface area (Å²) in [7, 11) is 1.54. The molecular weight excluding hydrogens is 590 g/mol. The summed E-state index contributed by atoms with van der Waals surface area (Å²) in [6.45, 7) is 2.16. The largest absolute Gasteiger partial charge is 0.497 e. The van der Waals surface area contributed by atoms with E-state index in [4.69, 9.17) is 14.2 Å². The molecule has 0 fully saturated rings. The van der Waals surface area contributed by atoms with Crippen LogP contribution in [0.2, 0.25) is 0 Å². The quantitative estimate of drug-likeness (QED) is 0.0965. The predicted molar refractivity (Wildman–Crippen MR) is 159 cm³/mol. The summed E-state index contributed by atoms with van der Waals surface area (Å²) >= 11 is 3.34. The van der Waals surface area contributed by atoms with Gasteiger partial charge in [0, 0.05) is 10.0 Å². The summed E-state index contributed by atoms with van der Waals surface area (Å²) in [5.74, 6) is -0.186. The molecule has 0 aliphatic heterocycles. The molecule has 0 atom stereocenters. The molecule has 0 aliphatic rings. The zero-order valence-corrected chi connectivity index (χ0v) is 23.8. The Labute approximate surface area is 245 Å². The minimum absolute atomic E-state index is 0.233. The van der Waals surface area contributed by atoms with Crippen molar-refractivity contribution in [2.75, 3.05) is 19.0 Å². The van der Waals surface area contributed by atoms with Gasteiger partial charge in [-0.05, 0) is 91.3 Å². The highest BCUT2D eigenvalue weighted by Gasteiger charge is 2.15. The van der Waals surface area contributed by atoms with Crippen molar-refractivity contribution in [3.8, 4) is 17.2 Å². The SMILES string of the molecule is CCOc1cc(/C=N\NC(=O)c2ccccc2NC(=O)c2ccc(OC)cc2)ccc1OC(=O)c1ccc(Br)cc1. The van der Waals surface area contributed by atoms with Crippen molar-refractivity contribution in [1.82, 2.24) is 5.43 Å². The first-order valence-electron chi connectivity index (χ1n) is 12.5. The van der Waals surface area contributed by atoms with E-state index < -0.39 is 11.9 Å². The minimum Gasteiger partial charge on any atom is -0.497 e. The third kappa shape index (κ3) is 7.80. The van der Waals surface area contributed by atoms with Crippen LogP contribution in [0.1, 0.15) is 43.6 Å². The average molecular weight is 616 g/mol. The number of carbonyl (C=O) groups excluding carboxylic acids is 3. The van der Waals surface area contributed by atoms with Gasteiger partial charge in [0.1, 0.15) is 5.75 Å². The molecule has 0 saturated carbocycles. The van der Waals surface area contributed by atoms with Crippen molar-refractivity contribution in [1.29, 1.82) is 0 Å². The number of carbonyl (C=O) groups is 3. The van der Waals surface area contributed by atoms with E-state index in [0.29, 0.717) is 40.5 Å². The fourth-order valence-electron chi connectivity index (χ4n) is 3.66. The number of methoxy groups -OCH3 is 1. The van der Waals surface area contributed by atoms with Gasteiger partial charge in [-0.1, -0.05) is 28.1 Å². The van der Waals surface area contributed by atoms with Crippen LogP contribution < -0.4 is 25.0 Å². The van der Waals surface area contributed by atoms with Gasteiger partial charge >= 0.3 is 5.97 Å². The lowest BCUT2D eigenvalue weighted by molar-refractivity contribution is 0.0728. The first kappa shape index (κ1) is 29.0. The van der Waals surface area contributed by atoms with Gasteiger partial charge in [0.25, 0.3) is 11.8 Å². The van der Waals surface area contributed by atoms with Crippen LogP contribution in [0.4, 0.5) is 5.69 Å². The molecule has 41 heavy (non-hydrogen) atoms. The summed E-state index contributed by atoms with van der Waals surface area (Å²) in [5.41, 5.74) is 4.44. The third-order valence-corrected chi connectivity index (χ3v) is 6.23. The predicted octanol–water partition coefficient (Wildman–Crippen LogP) is 6.09. The third-order valence-electron chi connectivity index (χ3n) is 5.70. The van der Waals surface area contributed by atoms with Crippen molar-refractivity contribution in [3.63, 3.8) is 0 Å². The van der Waals surface area contributed by atoms with E-state index >= 15 is 0 Å². The van der Waals surface area contributed by atoms with Gasteiger partial charge in [0.05, 0.1) is 36.7 Å². The summed E-state index contributed by atoms with van der Waals surface area (Å²) in [5, 5.41) is 6.80. The van der Waals surface area contributed by atoms with Crippen LogP contribution in [-0.2, 0) is 0 Å².